The van der Waals surface area contributed by atoms with E-state index in [1.165, 1.54) is 18.2 Å². The van der Waals surface area contributed by atoms with Crippen LogP contribution in [0.5, 0.6) is 0 Å². The molecule has 0 spiro atoms. The Morgan fingerprint density at radius 1 is 1.25 bits per heavy atom. The number of carbonyl (C=O) groups is 1. The van der Waals surface area contributed by atoms with Gasteiger partial charge < -0.3 is 9.84 Å². The number of aliphatic hydroxyl groups excluding tert-OH is 1. The summed E-state index contributed by atoms with van der Waals surface area (Å²) in [6, 6.07) is 15.1. The third-order valence-electron chi connectivity index (χ3n) is 3.74. The first-order chi connectivity index (χ1) is 13.5. The van der Waals surface area contributed by atoms with Crippen LogP contribution in [0.15, 0.2) is 75.8 Å². The van der Waals surface area contributed by atoms with Crippen LogP contribution in [0.3, 0.4) is 0 Å². The van der Waals surface area contributed by atoms with Gasteiger partial charge in [-0.25, -0.2) is 9.79 Å². The minimum absolute atomic E-state index is 0.0551. The Morgan fingerprint density at radius 3 is 2.68 bits per heavy atom. The summed E-state index contributed by atoms with van der Waals surface area (Å²) in [6.07, 6.45) is 1.73. The van der Waals surface area contributed by atoms with E-state index in [-0.39, 0.29) is 28.7 Å². The van der Waals surface area contributed by atoms with Crippen LogP contribution in [0.25, 0.3) is 6.08 Å². The predicted molar refractivity (Wildman–Crippen MR) is 108 cm³/mol. The van der Waals surface area contributed by atoms with E-state index in [2.05, 4.69) is 4.99 Å². The summed E-state index contributed by atoms with van der Waals surface area (Å²) < 4.78 is 5.04. The highest BCUT2D eigenvalue weighted by Crippen LogP contribution is 2.40. The molecule has 0 unspecified atom stereocenters. The van der Waals surface area contributed by atoms with Crippen molar-refractivity contribution in [1.82, 2.24) is 0 Å². The first kappa shape index (κ1) is 19.4. The second kappa shape index (κ2) is 8.53. The number of non-ortho nitro benzene ring substituents is 1. The summed E-state index contributed by atoms with van der Waals surface area (Å²) in [7, 11) is 0. The van der Waals surface area contributed by atoms with Crippen LogP contribution >= 0.6 is 11.8 Å². The van der Waals surface area contributed by atoms with Gasteiger partial charge in [0.05, 0.1) is 22.1 Å². The summed E-state index contributed by atoms with van der Waals surface area (Å²) in [5, 5.41) is 21.8. The van der Waals surface area contributed by atoms with Gasteiger partial charge in [-0.05, 0) is 24.6 Å². The topological polar surface area (TPSA) is 102 Å². The van der Waals surface area contributed by atoms with Crippen molar-refractivity contribution in [3.05, 3.63) is 86.5 Å². The lowest BCUT2D eigenvalue weighted by molar-refractivity contribution is -0.384. The van der Waals surface area contributed by atoms with E-state index in [9.17, 15) is 20.0 Å². The molecule has 1 aliphatic heterocycles. The molecule has 28 heavy (non-hydrogen) atoms. The number of nitrogens with zero attached hydrogens (tertiary/aromatic N) is 2. The lowest BCUT2D eigenvalue weighted by atomic mass is 10.1. The van der Waals surface area contributed by atoms with Gasteiger partial charge >= 0.3 is 5.97 Å². The maximum Gasteiger partial charge on any atom is 0.344 e. The van der Waals surface area contributed by atoms with Crippen molar-refractivity contribution in [3.8, 4) is 0 Å². The highest BCUT2D eigenvalue weighted by Gasteiger charge is 2.33. The van der Waals surface area contributed by atoms with Crippen LogP contribution in [-0.2, 0) is 9.53 Å². The van der Waals surface area contributed by atoms with Crippen LogP contribution in [0, 0.1) is 10.1 Å². The lowest BCUT2D eigenvalue weighted by Gasteiger charge is -2.03. The number of rotatable bonds is 5. The van der Waals surface area contributed by atoms with E-state index in [1.807, 2.05) is 30.3 Å². The van der Waals surface area contributed by atoms with Crippen LogP contribution in [0.2, 0.25) is 0 Å². The highest BCUT2D eigenvalue weighted by atomic mass is 32.2. The summed E-state index contributed by atoms with van der Waals surface area (Å²) in [5.74, 6) is -0.926. The Morgan fingerprint density at radius 2 is 2.00 bits per heavy atom. The number of benzene rings is 2. The molecule has 0 bridgehead atoms. The van der Waals surface area contributed by atoms with E-state index < -0.39 is 10.9 Å². The van der Waals surface area contributed by atoms with Gasteiger partial charge in [-0.2, -0.15) is 0 Å². The Bertz CT molecular complexity index is 1010. The van der Waals surface area contributed by atoms with E-state index in [0.717, 1.165) is 17.3 Å². The molecule has 0 radical (unpaired) electrons. The molecule has 0 aliphatic carbocycles. The minimum Gasteiger partial charge on any atom is -0.506 e. The fraction of sp³-hybridized carbons (Fsp3) is 0.100. The molecule has 142 valence electrons. The second-order valence-corrected chi connectivity index (χ2v) is 6.69. The van der Waals surface area contributed by atoms with Crippen LogP contribution < -0.4 is 0 Å². The quantitative estimate of drug-likeness (QED) is 0.443. The average molecular weight is 396 g/mol. The van der Waals surface area contributed by atoms with Gasteiger partial charge in [0.2, 0.25) is 0 Å². The molecule has 7 nitrogen and oxygen atoms in total. The van der Waals surface area contributed by atoms with Crippen molar-refractivity contribution in [3.63, 3.8) is 0 Å². The number of nitro groups is 1. The van der Waals surface area contributed by atoms with Crippen molar-refractivity contribution in [2.24, 2.45) is 4.99 Å². The molecule has 2 aromatic carbocycles. The molecule has 0 saturated carbocycles. The number of aliphatic imine (C=N–C) groups is 1. The average Bonchev–Trinajstić information content (AvgIpc) is 2.98. The van der Waals surface area contributed by atoms with Gasteiger partial charge in [0.25, 0.3) is 5.69 Å². The molecular weight excluding hydrogens is 380 g/mol. The standard InChI is InChI=1S/C20H16N2O5S/c1-2-27-20(24)17-18(23)16(11-13-7-4-3-5-8-13)28-19(17)21-14-9-6-10-15(12-14)22(25)26/h3-12,23H,2H2,1H3/b16-11+,21-19?. The Balaban J connectivity index is 2.05. The Hall–Kier alpha value is -3.39. The molecule has 0 atom stereocenters. The molecule has 1 aliphatic rings. The van der Waals surface area contributed by atoms with E-state index in [1.54, 1.807) is 19.1 Å². The molecule has 0 aromatic heterocycles. The zero-order valence-corrected chi connectivity index (χ0v) is 15.7. The van der Waals surface area contributed by atoms with Crippen LogP contribution in [0.4, 0.5) is 11.4 Å². The second-order valence-electron chi connectivity index (χ2n) is 5.66. The fourth-order valence-corrected chi connectivity index (χ4v) is 3.52. The Kier molecular flexibility index (Phi) is 5.90. The molecule has 3 rings (SSSR count). The Labute approximate surface area is 165 Å². The number of hydrogen-bond acceptors (Lipinski definition) is 7. The van der Waals surface area contributed by atoms with Crippen LogP contribution in [0.1, 0.15) is 12.5 Å². The largest absolute Gasteiger partial charge is 0.506 e. The summed E-state index contributed by atoms with van der Waals surface area (Å²) in [6.45, 7) is 1.80. The van der Waals surface area contributed by atoms with Gasteiger partial charge in [0.15, 0.2) is 0 Å². The zero-order chi connectivity index (χ0) is 20.1. The maximum atomic E-state index is 12.4. The number of hydrogen-bond donors (Lipinski definition) is 1. The smallest absolute Gasteiger partial charge is 0.344 e. The molecule has 1 N–H and O–H groups in total. The van der Waals surface area contributed by atoms with Crippen molar-refractivity contribution in [2.45, 2.75) is 6.92 Å². The monoisotopic (exact) mass is 396 g/mol. The van der Waals surface area contributed by atoms with Gasteiger partial charge in [0, 0.05) is 12.1 Å². The number of ether oxygens (including phenoxy) is 1. The third kappa shape index (κ3) is 4.29. The minimum atomic E-state index is -0.701. The molecule has 0 amide bonds. The lowest BCUT2D eigenvalue weighted by Crippen LogP contribution is -2.12. The normalized spacial score (nSPS) is 16.6. The van der Waals surface area contributed by atoms with Crippen molar-refractivity contribution in [1.29, 1.82) is 0 Å². The molecule has 0 fully saturated rings. The number of esters is 1. The van der Waals surface area contributed by atoms with Crippen LogP contribution in [-0.4, -0.2) is 27.6 Å². The molecule has 1 heterocycles. The first-order valence-electron chi connectivity index (χ1n) is 8.38. The van der Waals surface area contributed by atoms with E-state index in [0.29, 0.717) is 10.6 Å². The molecule has 8 heteroatoms. The van der Waals surface area contributed by atoms with Crippen molar-refractivity contribution in [2.75, 3.05) is 6.61 Å². The SMILES string of the molecule is CCOC(=O)C1=C(O)/C(=C\c2ccccc2)SC1=Nc1cccc([N+](=O)[O-])c1. The number of aliphatic hydroxyl groups is 1. The number of nitro benzene ring substituents is 1. The first-order valence-corrected chi connectivity index (χ1v) is 9.20. The van der Waals surface area contributed by atoms with Gasteiger partial charge in [0.1, 0.15) is 16.4 Å². The van der Waals surface area contributed by atoms with E-state index in [4.69, 9.17) is 4.74 Å². The zero-order valence-electron chi connectivity index (χ0n) is 14.9. The summed E-state index contributed by atoms with van der Waals surface area (Å²) >= 11 is 1.10. The van der Waals surface area contributed by atoms with Crippen molar-refractivity contribution < 1.29 is 19.6 Å². The molecule has 0 saturated heterocycles. The van der Waals surface area contributed by atoms with E-state index >= 15 is 0 Å². The third-order valence-corrected chi connectivity index (χ3v) is 4.76. The van der Waals surface area contributed by atoms with Gasteiger partial charge in [-0.15, -0.1) is 0 Å². The summed E-state index contributed by atoms with van der Waals surface area (Å²) in [5.41, 5.74) is 0.972. The number of thioether (sulfide) groups is 1. The fourth-order valence-electron chi connectivity index (χ4n) is 2.49. The summed E-state index contributed by atoms with van der Waals surface area (Å²) in [4.78, 5) is 27.6. The predicted octanol–water partition coefficient (Wildman–Crippen LogP) is 4.79. The van der Waals surface area contributed by atoms with Crippen molar-refractivity contribution >= 4 is 40.2 Å². The van der Waals surface area contributed by atoms with Gasteiger partial charge in [-0.1, -0.05) is 48.2 Å². The van der Waals surface area contributed by atoms with Gasteiger partial charge in [-0.3, -0.25) is 10.1 Å². The highest BCUT2D eigenvalue weighted by molar-refractivity contribution is 8.18. The molecular formula is C20H16N2O5S. The maximum absolute atomic E-state index is 12.4. The number of carbonyl (C=O) groups excluding carboxylic acids is 1. The molecule has 2 aromatic rings.